The molecule has 0 saturated heterocycles. The molecule has 0 atom stereocenters. The summed E-state index contributed by atoms with van der Waals surface area (Å²) in [7, 11) is 0. The number of unbranched alkanes of at least 4 members (excludes halogenated alkanes) is 4. The molecule has 0 bridgehead atoms. The topological polar surface area (TPSA) is 70.3 Å². The van der Waals surface area contributed by atoms with E-state index in [2.05, 4.69) is 13.0 Å². The molecule has 4 heteroatoms. The van der Waals surface area contributed by atoms with E-state index in [9.17, 15) is 5.26 Å². The van der Waals surface area contributed by atoms with E-state index < -0.39 is 0 Å². The lowest BCUT2D eigenvalue weighted by molar-refractivity contribution is -0.122. The fraction of sp³-hybridized carbons (Fsp3) is 0.333. The minimum absolute atomic E-state index is 0.250. The number of rotatable bonds is 8. The Morgan fingerprint density at radius 1 is 1.04 bits per heavy atom. The molecule has 2 aromatic carbocycles. The van der Waals surface area contributed by atoms with Gasteiger partial charge in [0, 0.05) is 5.56 Å². The standard InChI is InChI=1S/C20H23NO.CH2O2/c1-2-3-4-5-9-15-22-19-14-10-13-18(16-21)20(19)17-11-7-6-8-12-17;2-1-3/h6-8,10-14H,2-5,9,15H2,1H3;1H,(H,2,3). The van der Waals surface area contributed by atoms with Gasteiger partial charge >= 0.3 is 0 Å². The first-order valence-electron chi connectivity index (χ1n) is 8.57. The molecule has 1 N–H and O–H groups in total. The lowest BCUT2D eigenvalue weighted by Crippen LogP contribution is -2.00. The maximum Gasteiger partial charge on any atom is 0.290 e. The van der Waals surface area contributed by atoms with Crippen LogP contribution in [0.4, 0.5) is 0 Å². The molecule has 0 aliphatic carbocycles. The lowest BCUT2D eigenvalue weighted by atomic mass is 9.99. The van der Waals surface area contributed by atoms with E-state index in [0.29, 0.717) is 12.2 Å². The molecule has 0 fully saturated rings. The molecule has 4 nitrogen and oxygen atoms in total. The monoisotopic (exact) mass is 339 g/mol. The predicted molar refractivity (Wildman–Crippen MR) is 99.5 cm³/mol. The van der Waals surface area contributed by atoms with E-state index in [1.165, 1.54) is 25.7 Å². The van der Waals surface area contributed by atoms with Crippen molar-refractivity contribution in [2.45, 2.75) is 39.0 Å². The summed E-state index contributed by atoms with van der Waals surface area (Å²) in [6.07, 6.45) is 6.07. The van der Waals surface area contributed by atoms with Crippen molar-refractivity contribution in [3.63, 3.8) is 0 Å². The van der Waals surface area contributed by atoms with Crippen LogP contribution in [0.25, 0.3) is 11.1 Å². The van der Waals surface area contributed by atoms with Crippen molar-refractivity contribution in [2.75, 3.05) is 6.61 Å². The van der Waals surface area contributed by atoms with Crippen molar-refractivity contribution in [3.05, 3.63) is 54.1 Å². The first kappa shape index (κ1) is 20.2. The summed E-state index contributed by atoms with van der Waals surface area (Å²) in [5.41, 5.74) is 2.59. The second-order valence-electron chi connectivity index (χ2n) is 5.52. The molecule has 2 rings (SSSR count). The third-order valence-electron chi connectivity index (χ3n) is 3.71. The normalized spacial score (nSPS) is 9.44. The third-order valence-corrected chi connectivity index (χ3v) is 3.71. The molecule has 0 radical (unpaired) electrons. The predicted octanol–water partition coefficient (Wildman–Crippen LogP) is 5.28. The number of hydrogen-bond donors (Lipinski definition) is 1. The zero-order valence-electron chi connectivity index (χ0n) is 14.6. The van der Waals surface area contributed by atoms with E-state index in [1.54, 1.807) is 0 Å². The molecule has 2 aromatic rings. The second-order valence-corrected chi connectivity index (χ2v) is 5.52. The molecule has 0 saturated carbocycles. The fourth-order valence-corrected chi connectivity index (χ4v) is 2.53. The first-order chi connectivity index (χ1) is 12.3. The third kappa shape index (κ3) is 7.09. The van der Waals surface area contributed by atoms with Gasteiger partial charge in [0.15, 0.2) is 0 Å². The first-order valence-corrected chi connectivity index (χ1v) is 8.57. The maximum atomic E-state index is 9.37. The average molecular weight is 339 g/mol. The van der Waals surface area contributed by atoms with Gasteiger partial charge in [-0.25, -0.2) is 0 Å². The van der Waals surface area contributed by atoms with Crippen molar-refractivity contribution in [2.24, 2.45) is 0 Å². The summed E-state index contributed by atoms with van der Waals surface area (Å²) in [4.78, 5) is 8.36. The molecule has 132 valence electrons. The zero-order chi connectivity index (χ0) is 18.3. The van der Waals surface area contributed by atoms with E-state index in [0.717, 1.165) is 23.3 Å². The van der Waals surface area contributed by atoms with Crippen LogP contribution in [-0.2, 0) is 4.79 Å². The van der Waals surface area contributed by atoms with E-state index in [-0.39, 0.29) is 6.47 Å². The fourth-order valence-electron chi connectivity index (χ4n) is 2.53. The maximum absolute atomic E-state index is 9.37. The van der Waals surface area contributed by atoms with Crippen LogP contribution in [0.2, 0.25) is 0 Å². The molecule has 0 unspecified atom stereocenters. The smallest absolute Gasteiger partial charge is 0.290 e. The Balaban J connectivity index is 0.000000970. The molecule has 0 heterocycles. The molecule has 0 aliphatic rings. The summed E-state index contributed by atoms with van der Waals surface area (Å²) in [6, 6.07) is 17.9. The Kier molecular flexibility index (Phi) is 10.2. The van der Waals surface area contributed by atoms with Crippen molar-refractivity contribution >= 4 is 6.47 Å². The SMILES string of the molecule is CCCCCCCOc1cccc(C#N)c1-c1ccccc1.O=CO. The van der Waals surface area contributed by atoms with Crippen molar-refractivity contribution in [1.29, 1.82) is 5.26 Å². The van der Waals surface area contributed by atoms with Crippen LogP contribution in [-0.4, -0.2) is 18.2 Å². The van der Waals surface area contributed by atoms with E-state index in [1.807, 2.05) is 48.5 Å². The Bertz CT molecular complexity index is 663. The molecule has 25 heavy (non-hydrogen) atoms. The quantitative estimate of drug-likeness (QED) is 0.525. The number of benzene rings is 2. The number of nitriles is 1. The summed E-state index contributed by atoms with van der Waals surface area (Å²) in [6.45, 7) is 2.68. The molecular weight excluding hydrogens is 314 g/mol. The number of carbonyl (C=O) groups is 1. The van der Waals surface area contributed by atoms with Crippen molar-refractivity contribution < 1.29 is 14.6 Å². The lowest BCUT2D eigenvalue weighted by Gasteiger charge is -2.13. The van der Waals surface area contributed by atoms with Crippen LogP contribution in [0.5, 0.6) is 5.75 Å². The molecule has 0 spiro atoms. The highest BCUT2D eigenvalue weighted by Gasteiger charge is 2.11. The summed E-state index contributed by atoms with van der Waals surface area (Å²) in [5.74, 6) is 0.806. The van der Waals surface area contributed by atoms with Crippen LogP contribution in [0.15, 0.2) is 48.5 Å². The van der Waals surface area contributed by atoms with Gasteiger partial charge in [0.25, 0.3) is 6.47 Å². The summed E-state index contributed by atoms with van der Waals surface area (Å²) >= 11 is 0. The summed E-state index contributed by atoms with van der Waals surface area (Å²) < 4.78 is 5.96. The number of nitrogens with zero attached hydrogens (tertiary/aromatic N) is 1. The van der Waals surface area contributed by atoms with E-state index in [4.69, 9.17) is 14.6 Å². The average Bonchev–Trinajstić information content (AvgIpc) is 2.65. The summed E-state index contributed by atoms with van der Waals surface area (Å²) in [5, 5.41) is 16.3. The Labute approximate surface area is 149 Å². The van der Waals surface area contributed by atoms with Gasteiger partial charge in [0.2, 0.25) is 0 Å². The molecule has 0 amide bonds. The van der Waals surface area contributed by atoms with Gasteiger partial charge in [-0.1, -0.05) is 69.0 Å². The Hall–Kier alpha value is -2.80. The molecular formula is C21H25NO3. The van der Waals surface area contributed by atoms with Crippen molar-refractivity contribution in [1.82, 2.24) is 0 Å². The highest BCUT2D eigenvalue weighted by atomic mass is 16.5. The van der Waals surface area contributed by atoms with Crippen molar-refractivity contribution in [3.8, 4) is 22.9 Å². The van der Waals surface area contributed by atoms with Gasteiger partial charge in [-0.2, -0.15) is 5.26 Å². The number of hydrogen-bond acceptors (Lipinski definition) is 3. The zero-order valence-corrected chi connectivity index (χ0v) is 14.6. The van der Waals surface area contributed by atoms with Gasteiger partial charge < -0.3 is 9.84 Å². The largest absolute Gasteiger partial charge is 0.493 e. The van der Waals surface area contributed by atoms with Crippen LogP contribution in [0.3, 0.4) is 0 Å². The van der Waals surface area contributed by atoms with Gasteiger partial charge in [0.05, 0.1) is 18.2 Å². The Morgan fingerprint density at radius 3 is 2.36 bits per heavy atom. The van der Waals surface area contributed by atoms with E-state index >= 15 is 0 Å². The van der Waals surface area contributed by atoms with Crippen LogP contribution < -0.4 is 4.74 Å². The molecule has 0 aliphatic heterocycles. The van der Waals surface area contributed by atoms with Gasteiger partial charge in [-0.3, -0.25) is 4.79 Å². The Morgan fingerprint density at radius 2 is 1.72 bits per heavy atom. The second kappa shape index (κ2) is 12.6. The highest BCUT2D eigenvalue weighted by Crippen LogP contribution is 2.33. The van der Waals surface area contributed by atoms with Crippen LogP contribution in [0.1, 0.15) is 44.6 Å². The number of carboxylic acid groups (broad SMARTS) is 1. The highest BCUT2D eigenvalue weighted by molar-refractivity contribution is 5.76. The number of ether oxygens (including phenoxy) is 1. The van der Waals surface area contributed by atoms with Gasteiger partial charge in [0.1, 0.15) is 5.75 Å². The minimum atomic E-state index is -0.250. The van der Waals surface area contributed by atoms with Crippen LogP contribution >= 0.6 is 0 Å². The van der Waals surface area contributed by atoms with Crippen LogP contribution in [0, 0.1) is 11.3 Å². The van der Waals surface area contributed by atoms with Gasteiger partial charge in [-0.15, -0.1) is 0 Å². The minimum Gasteiger partial charge on any atom is -0.493 e. The van der Waals surface area contributed by atoms with Gasteiger partial charge in [-0.05, 0) is 24.1 Å². The molecule has 0 aromatic heterocycles.